The van der Waals surface area contributed by atoms with Gasteiger partial charge in [0.05, 0.1) is 0 Å². The van der Waals surface area contributed by atoms with Crippen LogP contribution < -0.4 is 5.32 Å². The zero-order chi connectivity index (χ0) is 19.8. The first kappa shape index (κ1) is 23.8. The first-order valence-corrected chi connectivity index (χ1v) is 10.4. The van der Waals surface area contributed by atoms with Gasteiger partial charge in [-0.25, -0.2) is 0 Å². The van der Waals surface area contributed by atoms with Crippen molar-refractivity contribution >= 4 is 11.7 Å². The normalized spacial score (nSPS) is 14.1. The van der Waals surface area contributed by atoms with Crippen molar-refractivity contribution in [3.8, 4) is 0 Å². The van der Waals surface area contributed by atoms with E-state index in [0.717, 1.165) is 36.3 Å². The Bertz CT molecular complexity index is 773. The summed E-state index contributed by atoms with van der Waals surface area (Å²) in [6.45, 7) is 7.37. The average Bonchev–Trinajstić information content (AvgIpc) is 2.74. The monoisotopic (exact) mass is 467 g/mol. The van der Waals surface area contributed by atoms with E-state index in [2.05, 4.69) is 27.5 Å². The number of nitrogens with zero attached hydrogens (tertiary/aromatic N) is 3. The van der Waals surface area contributed by atoms with Crippen molar-refractivity contribution in [1.29, 1.82) is 0 Å². The minimum absolute atomic E-state index is 0. The number of amides is 1. The van der Waals surface area contributed by atoms with Crippen molar-refractivity contribution in [2.24, 2.45) is 5.92 Å². The minimum atomic E-state index is 0. The molecule has 3 rings (SSSR count). The maximum absolute atomic E-state index is 12.4. The van der Waals surface area contributed by atoms with Crippen molar-refractivity contribution in [1.82, 2.24) is 15.3 Å². The second-order valence-corrected chi connectivity index (χ2v) is 7.52. The third-order valence-electron chi connectivity index (χ3n) is 5.33. The van der Waals surface area contributed by atoms with Crippen molar-refractivity contribution in [3.63, 3.8) is 0 Å². The Labute approximate surface area is 199 Å². The van der Waals surface area contributed by atoms with Crippen LogP contribution in [0.3, 0.4) is 0 Å². The molecular weight excluding hydrogens is 437 g/mol. The summed E-state index contributed by atoms with van der Waals surface area (Å²) < 4.78 is 0. The molecule has 1 aromatic carbocycles. The molecule has 0 saturated heterocycles. The summed E-state index contributed by atoms with van der Waals surface area (Å²) in [5, 5.41) is 7.44. The molecular formula is C23H30N4OY-2. The summed E-state index contributed by atoms with van der Waals surface area (Å²) >= 11 is 0. The Kier molecular flexibility index (Phi) is 10.1. The molecule has 1 N–H and O–H groups in total. The fraction of sp³-hybridized carbons (Fsp3) is 0.478. The molecule has 1 amide bonds. The van der Waals surface area contributed by atoms with Gasteiger partial charge in [0.25, 0.3) is 5.91 Å². The van der Waals surface area contributed by atoms with E-state index in [1.807, 2.05) is 31.2 Å². The van der Waals surface area contributed by atoms with E-state index < -0.39 is 0 Å². The van der Waals surface area contributed by atoms with Crippen LogP contribution in [0.1, 0.15) is 66.3 Å². The van der Waals surface area contributed by atoms with E-state index in [1.54, 1.807) is 6.20 Å². The van der Waals surface area contributed by atoms with Crippen LogP contribution in [0.5, 0.6) is 0 Å². The van der Waals surface area contributed by atoms with Crippen molar-refractivity contribution in [2.75, 3.05) is 13.1 Å². The van der Waals surface area contributed by atoms with Gasteiger partial charge in [0.1, 0.15) is 0 Å². The molecule has 0 aliphatic heterocycles. The average molecular weight is 467 g/mol. The SMILES string of the molecule is [CH2-]c1cnc(CCc2ccc(C(=O)NCC3CCCCC3)cc2)nc1[N-]CC.[Y]. The van der Waals surface area contributed by atoms with Gasteiger partial charge in [-0.05, 0) is 49.3 Å². The number of nitrogens with one attached hydrogen (secondary N) is 1. The summed E-state index contributed by atoms with van der Waals surface area (Å²) in [5.41, 5.74) is 2.65. The van der Waals surface area contributed by atoms with Gasteiger partial charge in [-0.1, -0.05) is 51.1 Å². The van der Waals surface area contributed by atoms with Crippen molar-refractivity contribution in [2.45, 2.75) is 51.9 Å². The van der Waals surface area contributed by atoms with E-state index in [4.69, 9.17) is 0 Å². The molecule has 1 fully saturated rings. The van der Waals surface area contributed by atoms with Crippen LogP contribution in [0.25, 0.3) is 5.32 Å². The van der Waals surface area contributed by atoms with Crippen molar-refractivity contribution in [3.05, 3.63) is 65.2 Å². The maximum Gasteiger partial charge on any atom is 0.251 e. The zero-order valence-electron chi connectivity index (χ0n) is 17.4. The number of aromatic nitrogens is 2. The molecule has 0 spiro atoms. The molecule has 2 aromatic rings. The molecule has 1 aliphatic rings. The van der Waals surface area contributed by atoms with Crippen LogP contribution in [0.15, 0.2) is 30.5 Å². The zero-order valence-corrected chi connectivity index (χ0v) is 20.2. The first-order valence-electron chi connectivity index (χ1n) is 10.4. The Morgan fingerprint density at radius 3 is 2.59 bits per heavy atom. The molecule has 1 aromatic heterocycles. The second-order valence-electron chi connectivity index (χ2n) is 7.52. The fourth-order valence-electron chi connectivity index (χ4n) is 3.65. The molecule has 29 heavy (non-hydrogen) atoms. The molecule has 1 aliphatic carbocycles. The first-order chi connectivity index (χ1) is 13.7. The van der Waals surface area contributed by atoms with Crippen molar-refractivity contribution < 1.29 is 37.5 Å². The van der Waals surface area contributed by atoms with E-state index in [0.29, 0.717) is 18.3 Å². The quantitative estimate of drug-likeness (QED) is 0.569. The number of rotatable bonds is 8. The van der Waals surface area contributed by atoms with Gasteiger partial charge < -0.3 is 20.6 Å². The van der Waals surface area contributed by atoms with Crippen LogP contribution in [-0.4, -0.2) is 29.0 Å². The van der Waals surface area contributed by atoms with E-state index in [-0.39, 0.29) is 38.6 Å². The molecule has 6 heteroatoms. The Morgan fingerprint density at radius 2 is 1.90 bits per heavy atom. The summed E-state index contributed by atoms with van der Waals surface area (Å²) in [6.07, 6.45) is 9.70. The molecule has 0 bridgehead atoms. The molecule has 0 atom stereocenters. The number of carbonyl (C=O) groups excluding carboxylic acids is 1. The van der Waals surface area contributed by atoms with Crippen LogP contribution >= 0.6 is 0 Å². The number of benzene rings is 1. The standard InChI is InChI=1S/C23H31N4O.Y/c1-3-24-22-17(2)15-25-21(27-22)14-11-18-9-12-20(13-10-18)23(28)26-16-19-7-5-4-6-8-19;/h9-10,12-13,15,19H,2-8,11,14,16H2,1H3,(H2,24,25,26,27,28);/q-1;/p-1. The van der Waals surface area contributed by atoms with Gasteiger partial charge in [-0.2, -0.15) is 18.3 Å². The Morgan fingerprint density at radius 1 is 1.17 bits per heavy atom. The van der Waals surface area contributed by atoms with E-state index in [1.165, 1.54) is 37.7 Å². The molecule has 5 nitrogen and oxygen atoms in total. The molecule has 1 heterocycles. The van der Waals surface area contributed by atoms with E-state index in [9.17, 15) is 4.79 Å². The van der Waals surface area contributed by atoms with Gasteiger partial charge in [0.2, 0.25) is 0 Å². The van der Waals surface area contributed by atoms with Crippen LogP contribution in [0.4, 0.5) is 5.82 Å². The number of hydrogen-bond donors (Lipinski definition) is 1. The molecule has 0 unspecified atom stereocenters. The van der Waals surface area contributed by atoms with Crippen LogP contribution in [-0.2, 0) is 45.6 Å². The summed E-state index contributed by atoms with van der Waals surface area (Å²) in [5.74, 6) is 2.12. The van der Waals surface area contributed by atoms with Crippen LogP contribution in [0, 0.1) is 12.8 Å². The molecule has 1 radical (unpaired) electrons. The Balaban J connectivity index is 0.00000300. The van der Waals surface area contributed by atoms with Gasteiger partial charge in [0, 0.05) is 50.6 Å². The molecule has 1 saturated carbocycles. The third kappa shape index (κ3) is 7.38. The predicted molar refractivity (Wildman–Crippen MR) is 113 cm³/mol. The van der Waals surface area contributed by atoms with Gasteiger partial charge >= 0.3 is 0 Å². The number of aryl methyl sites for hydroxylation is 2. The fourth-order valence-corrected chi connectivity index (χ4v) is 3.65. The van der Waals surface area contributed by atoms with Crippen LogP contribution in [0.2, 0.25) is 0 Å². The Hall–Kier alpha value is -1.46. The molecule has 153 valence electrons. The smallest absolute Gasteiger partial charge is 0.251 e. The summed E-state index contributed by atoms with van der Waals surface area (Å²) in [7, 11) is 0. The van der Waals surface area contributed by atoms with Gasteiger partial charge in [-0.15, -0.1) is 0 Å². The van der Waals surface area contributed by atoms with E-state index >= 15 is 0 Å². The summed E-state index contributed by atoms with van der Waals surface area (Å²) in [4.78, 5) is 21.2. The largest absolute Gasteiger partial charge is 0.527 e. The summed E-state index contributed by atoms with van der Waals surface area (Å²) in [6, 6.07) is 7.85. The number of carbonyl (C=O) groups is 1. The predicted octanol–water partition coefficient (Wildman–Crippen LogP) is 4.78. The van der Waals surface area contributed by atoms with Gasteiger partial charge in [-0.3, -0.25) is 4.79 Å². The third-order valence-corrected chi connectivity index (χ3v) is 5.33. The number of hydrogen-bond acceptors (Lipinski definition) is 3. The van der Waals surface area contributed by atoms with Gasteiger partial charge in [0.15, 0.2) is 0 Å². The second kappa shape index (κ2) is 12.3. The maximum atomic E-state index is 12.4. The topological polar surface area (TPSA) is 69.0 Å². The minimum Gasteiger partial charge on any atom is -0.527 e.